The first kappa shape index (κ1) is 14.1. The van der Waals surface area contributed by atoms with Gasteiger partial charge in [-0.1, -0.05) is 0 Å². The molecule has 20 heavy (non-hydrogen) atoms. The van der Waals surface area contributed by atoms with Crippen molar-refractivity contribution in [2.24, 2.45) is 5.73 Å². The summed E-state index contributed by atoms with van der Waals surface area (Å²) in [5, 5.41) is 2.65. The lowest BCUT2D eigenvalue weighted by Crippen LogP contribution is -2.36. The molecule has 6 heteroatoms. The Morgan fingerprint density at radius 2 is 1.80 bits per heavy atom. The van der Waals surface area contributed by atoms with E-state index in [1.54, 1.807) is 0 Å². The van der Waals surface area contributed by atoms with Crippen LogP contribution in [0.15, 0.2) is 36.4 Å². The fourth-order valence-corrected chi connectivity index (χ4v) is 1.92. The van der Waals surface area contributed by atoms with Gasteiger partial charge >= 0.3 is 0 Å². The van der Waals surface area contributed by atoms with Gasteiger partial charge in [-0.05, 0) is 24.3 Å². The van der Waals surface area contributed by atoms with E-state index in [1.165, 1.54) is 0 Å². The molecule has 0 spiro atoms. The van der Waals surface area contributed by atoms with Crippen LogP contribution in [0, 0.1) is 0 Å². The lowest BCUT2D eigenvalue weighted by Gasteiger charge is -2.28. The van der Waals surface area contributed by atoms with Crippen molar-refractivity contribution in [3.63, 3.8) is 0 Å². The van der Waals surface area contributed by atoms with Gasteiger partial charge < -0.3 is 20.7 Å². The Morgan fingerprint density at radius 3 is 2.40 bits per heavy atom. The third-order valence-electron chi connectivity index (χ3n) is 2.91. The Bertz CT molecular complexity index is 505. The zero-order valence-corrected chi connectivity index (χ0v) is 11.0. The Hall–Kier alpha value is -2.34. The third-order valence-corrected chi connectivity index (χ3v) is 2.91. The molecule has 1 aromatic carbocycles. The number of carbonyl (C=O) groups excluding carboxylic acids is 2. The number of nitrogens with zero attached hydrogens (tertiary/aromatic N) is 1. The van der Waals surface area contributed by atoms with Gasteiger partial charge in [0.15, 0.2) is 0 Å². The first-order chi connectivity index (χ1) is 9.65. The second-order valence-corrected chi connectivity index (χ2v) is 4.37. The predicted molar refractivity (Wildman–Crippen MR) is 76.4 cm³/mol. The largest absolute Gasteiger partial charge is 0.378 e. The molecule has 3 N–H and O–H groups in total. The number of anilines is 2. The van der Waals surface area contributed by atoms with E-state index in [-0.39, 0.29) is 5.91 Å². The van der Waals surface area contributed by atoms with Crippen LogP contribution < -0.4 is 16.0 Å². The highest BCUT2D eigenvalue weighted by Crippen LogP contribution is 2.18. The van der Waals surface area contributed by atoms with Crippen molar-refractivity contribution in [1.29, 1.82) is 0 Å². The standard InChI is InChI=1S/C14H17N3O3/c15-13(18)5-6-14(19)16-11-1-3-12(4-2-11)17-7-9-20-10-8-17/h1-6H,7-10H2,(H2,15,18)(H,16,19)/b6-5+. The molecule has 2 rings (SSSR count). The molecule has 0 atom stereocenters. The molecule has 106 valence electrons. The summed E-state index contributed by atoms with van der Waals surface area (Å²) in [5.74, 6) is -1.04. The van der Waals surface area contributed by atoms with Gasteiger partial charge in [0, 0.05) is 36.6 Å². The van der Waals surface area contributed by atoms with Crippen LogP contribution in [0.4, 0.5) is 11.4 Å². The summed E-state index contributed by atoms with van der Waals surface area (Å²) in [5.41, 5.74) is 6.68. The highest BCUT2D eigenvalue weighted by Gasteiger charge is 2.10. The minimum atomic E-state index is -0.650. The zero-order valence-electron chi connectivity index (χ0n) is 11.0. The van der Waals surface area contributed by atoms with E-state index in [4.69, 9.17) is 10.5 Å². The molecule has 0 saturated carbocycles. The van der Waals surface area contributed by atoms with E-state index in [2.05, 4.69) is 10.2 Å². The van der Waals surface area contributed by atoms with Crippen LogP contribution in [0.1, 0.15) is 0 Å². The maximum atomic E-state index is 11.5. The van der Waals surface area contributed by atoms with Gasteiger partial charge in [-0.3, -0.25) is 9.59 Å². The number of carbonyl (C=O) groups is 2. The SMILES string of the molecule is NC(=O)/C=C/C(=O)Nc1ccc(N2CCOCC2)cc1. The van der Waals surface area contributed by atoms with Gasteiger partial charge in [-0.2, -0.15) is 0 Å². The molecule has 0 unspecified atom stereocenters. The quantitative estimate of drug-likeness (QED) is 0.784. The molecule has 0 bridgehead atoms. The second-order valence-electron chi connectivity index (χ2n) is 4.37. The summed E-state index contributed by atoms with van der Waals surface area (Å²) >= 11 is 0. The molecule has 0 aromatic heterocycles. The van der Waals surface area contributed by atoms with Crippen LogP contribution in [0.2, 0.25) is 0 Å². The van der Waals surface area contributed by atoms with Crippen molar-refractivity contribution in [3.05, 3.63) is 36.4 Å². The number of hydrogen-bond donors (Lipinski definition) is 2. The van der Waals surface area contributed by atoms with Crippen molar-refractivity contribution in [1.82, 2.24) is 0 Å². The topological polar surface area (TPSA) is 84.7 Å². The highest BCUT2D eigenvalue weighted by atomic mass is 16.5. The number of nitrogens with two attached hydrogens (primary N) is 1. The molecule has 0 aliphatic carbocycles. The molecule has 1 aliphatic rings. The number of primary amides is 1. The number of hydrogen-bond acceptors (Lipinski definition) is 4. The third kappa shape index (κ3) is 4.10. The molecule has 2 amide bonds. The van der Waals surface area contributed by atoms with Gasteiger partial charge in [0.25, 0.3) is 0 Å². The van der Waals surface area contributed by atoms with Crippen LogP contribution in [-0.4, -0.2) is 38.1 Å². The molecule has 0 radical (unpaired) electrons. The number of amides is 2. The van der Waals surface area contributed by atoms with E-state index in [9.17, 15) is 9.59 Å². The normalized spacial score (nSPS) is 15.3. The maximum Gasteiger partial charge on any atom is 0.248 e. The van der Waals surface area contributed by atoms with E-state index >= 15 is 0 Å². The minimum absolute atomic E-state index is 0.386. The Balaban J connectivity index is 1.94. The summed E-state index contributed by atoms with van der Waals surface area (Å²) < 4.78 is 5.30. The van der Waals surface area contributed by atoms with Crippen LogP contribution in [0.3, 0.4) is 0 Å². The van der Waals surface area contributed by atoms with Gasteiger partial charge in [0.2, 0.25) is 11.8 Å². The number of nitrogens with one attached hydrogen (secondary N) is 1. The fraction of sp³-hybridized carbons (Fsp3) is 0.286. The van der Waals surface area contributed by atoms with E-state index in [1.807, 2.05) is 24.3 Å². The van der Waals surface area contributed by atoms with Crippen LogP contribution in [0.25, 0.3) is 0 Å². The van der Waals surface area contributed by atoms with Gasteiger partial charge in [0.05, 0.1) is 13.2 Å². The van der Waals surface area contributed by atoms with Gasteiger partial charge in [0.1, 0.15) is 0 Å². The average Bonchev–Trinajstić information content (AvgIpc) is 2.47. The second kappa shape index (κ2) is 6.72. The Labute approximate surface area is 117 Å². The van der Waals surface area contributed by atoms with E-state index < -0.39 is 5.91 Å². The molecule has 1 aromatic rings. The first-order valence-electron chi connectivity index (χ1n) is 6.36. The smallest absolute Gasteiger partial charge is 0.248 e. The average molecular weight is 275 g/mol. The van der Waals surface area contributed by atoms with Crippen molar-refractivity contribution >= 4 is 23.2 Å². The van der Waals surface area contributed by atoms with E-state index in [0.29, 0.717) is 5.69 Å². The molecular weight excluding hydrogens is 258 g/mol. The van der Waals surface area contributed by atoms with Crippen LogP contribution >= 0.6 is 0 Å². The summed E-state index contributed by atoms with van der Waals surface area (Å²) in [4.78, 5) is 24.2. The maximum absolute atomic E-state index is 11.5. The Morgan fingerprint density at radius 1 is 1.15 bits per heavy atom. The lowest BCUT2D eigenvalue weighted by molar-refractivity contribution is -0.115. The lowest BCUT2D eigenvalue weighted by atomic mass is 10.2. The summed E-state index contributed by atoms with van der Waals surface area (Å²) in [7, 11) is 0. The summed E-state index contributed by atoms with van der Waals surface area (Å²) in [6.45, 7) is 3.20. The minimum Gasteiger partial charge on any atom is -0.378 e. The van der Waals surface area contributed by atoms with Crippen molar-refractivity contribution in [2.75, 3.05) is 36.5 Å². The van der Waals surface area contributed by atoms with Crippen molar-refractivity contribution in [3.8, 4) is 0 Å². The van der Waals surface area contributed by atoms with Gasteiger partial charge in [-0.15, -0.1) is 0 Å². The molecule has 1 fully saturated rings. The number of rotatable bonds is 4. The predicted octanol–water partition coefficient (Wildman–Crippen LogP) is 0.503. The Kier molecular flexibility index (Phi) is 4.73. The summed E-state index contributed by atoms with van der Waals surface area (Å²) in [6.07, 6.45) is 2.13. The first-order valence-corrected chi connectivity index (χ1v) is 6.36. The monoisotopic (exact) mass is 275 g/mol. The zero-order chi connectivity index (χ0) is 14.4. The van der Waals surface area contributed by atoms with Crippen LogP contribution in [0.5, 0.6) is 0 Å². The van der Waals surface area contributed by atoms with Crippen molar-refractivity contribution < 1.29 is 14.3 Å². The number of ether oxygens (including phenoxy) is 1. The number of morpholine rings is 1. The molecule has 1 aliphatic heterocycles. The fourth-order valence-electron chi connectivity index (χ4n) is 1.92. The van der Waals surface area contributed by atoms with E-state index in [0.717, 1.165) is 44.1 Å². The van der Waals surface area contributed by atoms with Gasteiger partial charge in [-0.25, -0.2) is 0 Å². The highest BCUT2D eigenvalue weighted by molar-refractivity contribution is 6.03. The molecule has 1 heterocycles. The molecule has 1 saturated heterocycles. The molecule has 6 nitrogen and oxygen atoms in total. The number of benzene rings is 1. The van der Waals surface area contributed by atoms with Crippen LogP contribution in [-0.2, 0) is 14.3 Å². The van der Waals surface area contributed by atoms with Crippen molar-refractivity contribution in [2.45, 2.75) is 0 Å². The summed E-state index contributed by atoms with van der Waals surface area (Å²) in [6, 6.07) is 7.53. The molecular formula is C14H17N3O3.